The summed E-state index contributed by atoms with van der Waals surface area (Å²) >= 11 is 1.81. The van der Waals surface area contributed by atoms with E-state index < -0.39 is 0 Å². The van der Waals surface area contributed by atoms with Gasteiger partial charge in [0, 0.05) is 29.0 Å². The molecule has 108 valence electrons. The fourth-order valence-corrected chi connectivity index (χ4v) is 3.07. The molecule has 4 heteroatoms. The molecule has 1 heterocycles. The Kier molecular flexibility index (Phi) is 5.56. The zero-order chi connectivity index (χ0) is 14.4. The predicted octanol–water partition coefficient (Wildman–Crippen LogP) is 4.02. The molecule has 0 saturated carbocycles. The van der Waals surface area contributed by atoms with Crippen molar-refractivity contribution in [3.05, 3.63) is 52.0 Å². The summed E-state index contributed by atoms with van der Waals surface area (Å²) in [5.41, 5.74) is 0.907. The van der Waals surface area contributed by atoms with Crippen molar-refractivity contribution < 1.29 is 4.39 Å². The minimum atomic E-state index is -0.190. The maximum atomic E-state index is 13.2. The third-order valence-corrected chi connectivity index (χ3v) is 4.16. The molecule has 2 nitrogen and oxygen atoms in total. The van der Waals surface area contributed by atoms with Crippen LogP contribution in [0.5, 0.6) is 0 Å². The molecule has 0 aliphatic heterocycles. The summed E-state index contributed by atoms with van der Waals surface area (Å²) in [4.78, 5) is 4.71. The first-order valence-corrected chi connectivity index (χ1v) is 7.75. The van der Waals surface area contributed by atoms with Crippen molar-refractivity contribution in [1.29, 1.82) is 0 Å². The maximum absolute atomic E-state index is 13.2. The number of rotatable bonds is 7. The Morgan fingerprint density at radius 1 is 1.20 bits per heavy atom. The monoisotopic (exact) mass is 292 g/mol. The van der Waals surface area contributed by atoms with Crippen LogP contribution in [0.2, 0.25) is 0 Å². The summed E-state index contributed by atoms with van der Waals surface area (Å²) < 4.78 is 13.2. The van der Waals surface area contributed by atoms with Crippen LogP contribution in [0.3, 0.4) is 0 Å². The van der Waals surface area contributed by atoms with E-state index in [4.69, 9.17) is 0 Å². The minimum absolute atomic E-state index is 0.190. The number of benzene rings is 1. The van der Waals surface area contributed by atoms with Crippen LogP contribution >= 0.6 is 11.3 Å². The van der Waals surface area contributed by atoms with Crippen LogP contribution in [0.4, 0.5) is 10.1 Å². The lowest BCUT2D eigenvalue weighted by atomic mass is 10.3. The summed E-state index contributed by atoms with van der Waals surface area (Å²) in [6, 6.07) is 11.0. The van der Waals surface area contributed by atoms with E-state index in [-0.39, 0.29) is 5.82 Å². The molecule has 0 fully saturated rings. The van der Waals surface area contributed by atoms with Crippen molar-refractivity contribution in [1.82, 2.24) is 5.32 Å². The van der Waals surface area contributed by atoms with Gasteiger partial charge in [-0.25, -0.2) is 4.39 Å². The van der Waals surface area contributed by atoms with E-state index in [1.807, 2.05) is 24.5 Å². The highest BCUT2D eigenvalue weighted by Gasteiger charge is 2.06. The smallest absolute Gasteiger partial charge is 0.125 e. The molecule has 0 saturated heterocycles. The number of halogens is 1. The van der Waals surface area contributed by atoms with Gasteiger partial charge in [-0.2, -0.15) is 0 Å². The molecule has 0 aliphatic rings. The largest absolute Gasteiger partial charge is 0.369 e. The van der Waals surface area contributed by atoms with Gasteiger partial charge in [0.15, 0.2) is 0 Å². The lowest BCUT2D eigenvalue weighted by Crippen LogP contribution is -2.15. The molecular formula is C16H21FN2S. The summed E-state index contributed by atoms with van der Waals surface area (Å²) in [5, 5.41) is 3.40. The fraction of sp³-hybridized carbons (Fsp3) is 0.375. The topological polar surface area (TPSA) is 15.3 Å². The van der Waals surface area contributed by atoms with Crippen LogP contribution in [0.1, 0.15) is 23.1 Å². The Bertz CT molecular complexity index is 539. The van der Waals surface area contributed by atoms with Crippen molar-refractivity contribution >= 4 is 17.0 Å². The molecular weight excluding hydrogens is 271 g/mol. The molecule has 20 heavy (non-hydrogen) atoms. The normalized spacial score (nSPS) is 10.8. The predicted molar refractivity (Wildman–Crippen MR) is 84.8 cm³/mol. The van der Waals surface area contributed by atoms with Gasteiger partial charge in [0.2, 0.25) is 0 Å². The Hall–Kier alpha value is -1.39. The highest BCUT2D eigenvalue weighted by molar-refractivity contribution is 7.12. The van der Waals surface area contributed by atoms with Crippen LogP contribution in [0.15, 0.2) is 36.4 Å². The van der Waals surface area contributed by atoms with Gasteiger partial charge in [0.25, 0.3) is 0 Å². The van der Waals surface area contributed by atoms with E-state index in [1.54, 1.807) is 12.1 Å². The first-order chi connectivity index (χ1) is 9.69. The first kappa shape index (κ1) is 15.0. The van der Waals surface area contributed by atoms with E-state index in [2.05, 4.69) is 29.3 Å². The average Bonchev–Trinajstić information content (AvgIpc) is 2.86. The van der Waals surface area contributed by atoms with Crippen LogP contribution in [0, 0.1) is 5.82 Å². The zero-order valence-electron chi connectivity index (χ0n) is 12.0. The molecule has 0 unspecified atom stereocenters. The van der Waals surface area contributed by atoms with Gasteiger partial charge in [0.1, 0.15) is 5.82 Å². The fourth-order valence-electron chi connectivity index (χ4n) is 2.03. The lowest BCUT2D eigenvalue weighted by molar-refractivity contribution is 0.627. The lowest BCUT2D eigenvalue weighted by Gasteiger charge is -2.18. The third kappa shape index (κ3) is 4.32. The highest BCUT2D eigenvalue weighted by Crippen LogP contribution is 2.21. The van der Waals surface area contributed by atoms with E-state index in [9.17, 15) is 4.39 Å². The molecule has 0 aliphatic carbocycles. The van der Waals surface area contributed by atoms with Crippen molar-refractivity contribution in [2.75, 3.05) is 18.5 Å². The molecule has 2 rings (SSSR count). The molecule has 1 N–H and O–H groups in total. The molecule has 0 amide bonds. The van der Waals surface area contributed by atoms with E-state index in [1.165, 1.54) is 15.8 Å². The third-order valence-electron chi connectivity index (χ3n) is 3.09. The second-order valence-corrected chi connectivity index (χ2v) is 6.13. The van der Waals surface area contributed by atoms with Gasteiger partial charge in [-0.15, -0.1) is 11.3 Å². The minimum Gasteiger partial charge on any atom is -0.369 e. The number of anilines is 1. The molecule has 1 aromatic carbocycles. The zero-order valence-corrected chi connectivity index (χ0v) is 12.8. The molecule has 0 spiro atoms. The van der Waals surface area contributed by atoms with Gasteiger partial charge in [0.05, 0.1) is 6.54 Å². The number of hydrogen-bond acceptors (Lipinski definition) is 3. The van der Waals surface area contributed by atoms with E-state index in [0.29, 0.717) is 0 Å². The number of nitrogens with one attached hydrogen (secondary N) is 1. The van der Waals surface area contributed by atoms with Crippen LogP contribution < -0.4 is 10.2 Å². The molecule has 2 aromatic rings. The average molecular weight is 292 g/mol. The van der Waals surface area contributed by atoms with Crippen LogP contribution in [-0.2, 0) is 13.1 Å². The van der Waals surface area contributed by atoms with Gasteiger partial charge >= 0.3 is 0 Å². The molecule has 0 radical (unpaired) electrons. The Morgan fingerprint density at radius 2 is 2.00 bits per heavy atom. The SMILES string of the molecule is CCCNCc1ccc(CN(C)c2cccc(F)c2)s1. The summed E-state index contributed by atoms with van der Waals surface area (Å²) in [7, 11) is 1.99. The first-order valence-electron chi connectivity index (χ1n) is 6.94. The summed E-state index contributed by atoms with van der Waals surface area (Å²) in [6.45, 7) is 4.96. The van der Waals surface area contributed by atoms with Crippen molar-refractivity contribution in [2.45, 2.75) is 26.4 Å². The van der Waals surface area contributed by atoms with Gasteiger partial charge in [-0.3, -0.25) is 0 Å². The Balaban J connectivity index is 1.92. The Labute approximate surface area is 124 Å². The van der Waals surface area contributed by atoms with Crippen molar-refractivity contribution in [2.24, 2.45) is 0 Å². The highest BCUT2D eigenvalue weighted by atomic mass is 32.1. The molecule has 0 bridgehead atoms. The van der Waals surface area contributed by atoms with Crippen LogP contribution in [0.25, 0.3) is 0 Å². The van der Waals surface area contributed by atoms with Gasteiger partial charge in [-0.1, -0.05) is 13.0 Å². The maximum Gasteiger partial charge on any atom is 0.125 e. The number of hydrogen-bond donors (Lipinski definition) is 1. The second kappa shape index (κ2) is 7.41. The standard InChI is InChI=1S/C16H21FN2S/c1-3-9-18-11-15-7-8-16(20-15)12-19(2)14-6-4-5-13(17)10-14/h4-8,10,18H,3,9,11-12H2,1-2H3. The van der Waals surface area contributed by atoms with Gasteiger partial charge in [-0.05, 0) is 43.3 Å². The molecule has 1 aromatic heterocycles. The molecule has 0 atom stereocenters. The van der Waals surface area contributed by atoms with Crippen molar-refractivity contribution in [3.63, 3.8) is 0 Å². The van der Waals surface area contributed by atoms with E-state index in [0.717, 1.165) is 31.7 Å². The second-order valence-electron chi connectivity index (χ2n) is 4.88. The van der Waals surface area contributed by atoms with E-state index >= 15 is 0 Å². The quantitative estimate of drug-likeness (QED) is 0.775. The number of thiophene rings is 1. The Morgan fingerprint density at radius 3 is 2.75 bits per heavy atom. The number of nitrogens with zero attached hydrogens (tertiary/aromatic N) is 1. The summed E-state index contributed by atoms with van der Waals surface area (Å²) in [6.07, 6.45) is 1.15. The van der Waals surface area contributed by atoms with Crippen LogP contribution in [-0.4, -0.2) is 13.6 Å². The summed E-state index contributed by atoms with van der Waals surface area (Å²) in [5.74, 6) is -0.190. The van der Waals surface area contributed by atoms with Crippen molar-refractivity contribution in [3.8, 4) is 0 Å². The van der Waals surface area contributed by atoms with Gasteiger partial charge < -0.3 is 10.2 Å².